The van der Waals surface area contributed by atoms with Gasteiger partial charge in [-0.1, -0.05) is 0 Å². The number of aromatic nitrogens is 1. The number of aromatic carboxylic acids is 1. The maximum atomic E-state index is 11.0. The smallest absolute Gasteiger partial charge is 0.0836 e. The molecule has 0 unspecified atom stereocenters. The number of carbonyl (C=O) groups is 1. The quantitative estimate of drug-likeness (QED) is 0.770. The molecule has 0 aliphatic heterocycles. The first-order chi connectivity index (χ1) is 7.11. The Morgan fingerprint density at radius 3 is 2.47 bits per heavy atom. The molecular formula is C11H10NO2S-. The van der Waals surface area contributed by atoms with Gasteiger partial charge in [-0.25, -0.2) is 0 Å². The van der Waals surface area contributed by atoms with Crippen LogP contribution < -0.4 is 5.11 Å². The molecule has 0 fully saturated rings. The van der Waals surface area contributed by atoms with E-state index in [9.17, 15) is 9.90 Å². The highest BCUT2D eigenvalue weighted by atomic mass is 32.1. The van der Waals surface area contributed by atoms with E-state index >= 15 is 0 Å². The Hall–Kier alpha value is -1.55. The Bertz CT molecular complexity index is 497. The number of thiophene rings is 1. The largest absolute Gasteiger partial charge is 0.544 e. The molecule has 0 N–H and O–H groups in total. The van der Waals surface area contributed by atoms with Crippen molar-refractivity contribution in [2.24, 2.45) is 0 Å². The fraction of sp³-hybridized carbons (Fsp3) is 0.182. The van der Waals surface area contributed by atoms with Gasteiger partial charge in [-0.2, -0.15) is 0 Å². The van der Waals surface area contributed by atoms with E-state index < -0.39 is 5.97 Å². The highest BCUT2D eigenvalue weighted by Gasteiger charge is 2.14. The van der Waals surface area contributed by atoms with Gasteiger partial charge in [-0.05, 0) is 31.5 Å². The summed E-state index contributed by atoms with van der Waals surface area (Å²) < 4.78 is 1.81. The zero-order valence-corrected chi connectivity index (χ0v) is 9.30. The first-order valence-electron chi connectivity index (χ1n) is 4.56. The lowest BCUT2D eigenvalue weighted by Gasteiger charge is -2.07. The first kappa shape index (κ1) is 9.98. The van der Waals surface area contributed by atoms with Gasteiger partial charge in [0.05, 0.1) is 16.5 Å². The minimum Gasteiger partial charge on any atom is -0.544 e. The number of aryl methyl sites for hydroxylation is 1. The van der Waals surface area contributed by atoms with Gasteiger partial charge in [0.15, 0.2) is 0 Å². The van der Waals surface area contributed by atoms with Crippen LogP contribution in [0.1, 0.15) is 20.1 Å². The van der Waals surface area contributed by atoms with Crippen LogP contribution in [-0.2, 0) is 0 Å². The van der Waals surface area contributed by atoms with Crippen molar-refractivity contribution >= 4 is 17.3 Å². The third-order valence-electron chi connectivity index (χ3n) is 2.40. The van der Waals surface area contributed by atoms with Crippen molar-refractivity contribution in [3.05, 3.63) is 39.8 Å². The molecule has 0 saturated carbocycles. The lowest BCUT2D eigenvalue weighted by Crippen LogP contribution is -2.22. The summed E-state index contributed by atoms with van der Waals surface area (Å²) in [6, 6.07) is 3.73. The van der Waals surface area contributed by atoms with Crippen LogP contribution in [-0.4, -0.2) is 10.5 Å². The second-order valence-corrected chi connectivity index (χ2v) is 4.56. The van der Waals surface area contributed by atoms with E-state index in [2.05, 4.69) is 0 Å². The molecule has 2 heterocycles. The van der Waals surface area contributed by atoms with Crippen molar-refractivity contribution in [2.45, 2.75) is 13.8 Å². The van der Waals surface area contributed by atoms with E-state index in [4.69, 9.17) is 0 Å². The van der Waals surface area contributed by atoms with Gasteiger partial charge in [0.2, 0.25) is 0 Å². The van der Waals surface area contributed by atoms with E-state index in [1.54, 1.807) is 0 Å². The summed E-state index contributed by atoms with van der Waals surface area (Å²) in [5.41, 5.74) is 1.72. The molecule has 0 bridgehead atoms. The SMILES string of the molecule is Cc1sc(C(=O)[O-])c(-n2cccc2)c1C. The number of carbonyl (C=O) groups excluding carboxylic acids is 1. The molecule has 3 nitrogen and oxygen atoms in total. The number of hydrogen-bond acceptors (Lipinski definition) is 3. The van der Waals surface area contributed by atoms with Crippen molar-refractivity contribution in [3.63, 3.8) is 0 Å². The Morgan fingerprint density at radius 2 is 1.93 bits per heavy atom. The predicted molar refractivity (Wildman–Crippen MR) is 57.5 cm³/mol. The zero-order valence-electron chi connectivity index (χ0n) is 8.48. The normalized spacial score (nSPS) is 10.5. The summed E-state index contributed by atoms with van der Waals surface area (Å²) in [5, 5.41) is 11.0. The summed E-state index contributed by atoms with van der Waals surface area (Å²) in [6.45, 7) is 3.84. The van der Waals surface area contributed by atoms with Crippen LogP contribution in [0.3, 0.4) is 0 Å². The summed E-state index contributed by atoms with van der Waals surface area (Å²) in [5.74, 6) is -1.11. The predicted octanol–water partition coefficient (Wildman–Crippen LogP) is 1.52. The Morgan fingerprint density at radius 1 is 1.33 bits per heavy atom. The van der Waals surface area contributed by atoms with Gasteiger partial charge in [-0.3, -0.25) is 0 Å². The van der Waals surface area contributed by atoms with Crippen molar-refractivity contribution in [3.8, 4) is 5.69 Å². The Labute approximate surface area is 91.6 Å². The second-order valence-electron chi connectivity index (χ2n) is 3.34. The van der Waals surface area contributed by atoms with Gasteiger partial charge in [0.25, 0.3) is 0 Å². The molecule has 0 spiro atoms. The summed E-state index contributed by atoms with van der Waals surface area (Å²) in [4.78, 5) is 12.3. The molecule has 0 amide bonds. The van der Waals surface area contributed by atoms with Crippen LogP contribution in [0.25, 0.3) is 5.69 Å². The third kappa shape index (κ3) is 1.57. The summed E-state index contributed by atoms with van der Waals surface area (Å²) in [7, 11) is 0. The fourth-order valence-corrected chi connectivity index (χ4v) is 2.54. The molecule has 15 heavy (non-hydrogen) atoms. The molecule has 0 aromatic carbocycles. The molecule has 0 atom stereocenters. The highest BCUT2D eigenvalue weighted by molar-refractivity contribution is 7.14. The topological polar surface area (TPSA) is 45.1 Å². The van der Waals surface area contributed by atoms with Crippen LogP contribution in [0.5, 0.6) is 0 Å². The van der Waals surface area contributed by atoms with Crippen molar-refractivity contribution < 1.29 is 9.90 Å². The summed E-state index contributed by atoms with van der Waals surface area (Å²) in [6.07, 6.45) is 3.67. The van der Waals surface area contributed by atoms with E-state index in [-0.39, 0.29) is 0 Å². The molecule has 0 aliphatic rings. The van der Waals surface area contributed by atoms with Gasteiger partial charge in [0, 0.05) is 17.3 Å². The Kier molecular flexibility index (Phi) is 2.36. The second kappa shape index (κ2) is 3.55. The van der Waals surface area contributed by atoms with Crippen LogP contribution >= 0.6 is 11.3 Å². The maximum absolute atomic E-state index is 11.0. The molecule has 2 rings (SSSR count). The molecule has 2 aromatic heterocycles. The number of carboxylic acid groups (broad SMARTS) is 1. The lowest BCUT2D eigenvalue weighted by atomic mass is 10.2. The van der Waals surface area contributed by atoms with Gasteiger partial charge >= 0.3 is 0 Å². The molecule has 2 aromatic rings. The number of hydrogen-bond donors (Lipinski definition) is 0. The van der Waals surface area contributed by atoms with E-state index in [0.29, 0.717) is 4.88 Å². The van der Waals surface area contributed by atoms with Gasteiger partial charge < -0.3 is 14.5 Å². The van der Waals surface area contributed by atoms with Crippen LogP contribution in [0, 0.1) is 13.8 Å². The fourth-order valence-electron chi connectivity index (χ4n) is 1.55. The van der Waals surface area contributed by atoms with E-state index in [1.165, 1.54) is 11.3 Å². The molecular weight excluding hydrogens is 210 g/mol. The molecule has 0 radical (unpaired) electrons. The first-order valence-corrected chi connectivity index (χ1v) is 5.37. The minimum absolute atomic E-state index is 0.293. The average Bonchev–Trinajstić information content (AvgIpc) is 2.76. The zero-order chi connectivity index (χ0) is 11.0. The average molecular weight is 220 g/mol. The van der Waals surface area contributed by atoms with Gasteiger partial charge in [-0.15, -0.1) is 11.3 Å². The Balaban J connectivity index is 2.68. The van der Waals surface area contributed by atoms with E-state index in [1.807, 2.05) is 42.9 Å². The monoisotopic (exact) mass is 220 g/mol. The minimum atomic E-state index is -1.11. The van der Waals surface area contributed by atoms with Crippen LogP contribution in [0.2, 0.25) is 0 Å². The number of rotatable bonds is 2. The van der Waals surface area contributed by atoms with Gasteiger partial charge in [0.1, 0.15) is 0 Å². The third-order valence-corrected chi connectivity index (χ3v) is 3.58. The van der Waals surface area contributed by atoms with E-state index in [0.717, 1.165) is 16.1 Å². The summed E-state index contributed by atoms with van der Waals surface area (Å²) >= 11 is 1.26. The lowest BCUT2D eigenvalue weighted by molar-refractivity contribution is -0.254. The molecule has 4 heteroatoms. The highest BCUT2D eigenvalue weighted by Crippen LogP contribution is 2.30. The van der Waals surface area contributed by atoms with Crippen molar-refractivity contribution in [1.82, 2.24) is 4.57 Å². The molecule has 0 aliphatic carbocycles. The number of nitrogens with zero attached hydrogens (tertiary/aromatic N) is 1. The van der Waals surface area contributed by atoms with Crippen LogP contribution in [0.4, 0.5) is 0 Å². The number of carboxylic acids is 1. The molecule has 78 valence electrons. The van der Waals surface area contributed by atoms with Crippen LogP contribution in [0.15, 0.2) is 24.5 Å². The van der Waals surface area contributed by atoms with Crippen molar-refractivity contribution in [2.75, 3.05) is 0 Å². The maximum Gasteiger partial charge on any atom is 0.0836 e. The molecule has 0 saturated heterocycles. The van der Waals surface area contributed by atoms with Crippen molar-refractivity contribution in [1.29, 1.82) is 0 Å². The standard InChI is InChI=1S/C11H11NO2S/c1-7-8(2)15-10(11(13)14)9(7)12-5-3-4-6-12/h3-6H,1-2H3,(H,13,14)/p-1.